The first kappa shape index (κ1) is 66.3. The Morgan fingerprint density at radius 2 is 0.586 bits per heavy atom. The Morgan fingerprint density at radius 3 is 0.986 bits per heavy atom. The third kappa shape index (κ3) is 55.3. The van der Waals surface area contributed by atoms with Crippen LogP contribution in [0.5, 0.6) is 0 Å². The van der Waals surface area contributed by atoms with E-state index in [1.807, 2.05) is 6.08 Å². The zero-order valence-corrected chi connectivity index (χ0v) is 45.8. The van der Waals surface area contributed by atoms with E-state index in [1.54, 1.807) is 0 Å². The van der Waals surface area contributed by atoms with Crippen LogP contribution >= 0.6 is 0 Å². The summed E-state index contributed by atoms with van der Waals surface area (Å²) in [6.45, 7) is 6.45. The van der Waals surface area contributed by atoms with Gasteiger partial charge in [0.1, 0.15) is 13.2 Å². The van der Waals surface area contributed by atoms with Gasteiger partial charge in [0, 0.05) is 19.3 Å². The first-order chi connectivity index (χ1) is 34.5. The van der Waals surface area contributed by atoms with Gasteiger partial charge in [-0.2, -0.15) is 0 Å². The van der Waals surface area contributed by atoms with Crippen molar-refractivity contribution in [3.8, 4) is 0 Å². The molecule has 0 aliphatic carbocycles. The Labute approximate surface area is 432 Å². The third-order valence-electron chi connectivity index (χ3n) is 12.3. The standard InChI is InChI=1S/C64H108O6/c1-4-7-10-13-16-19-22-25-28-30-32-34-36-39-42-45-48-51-54-57-63(66)69-60-61(59-68-62(65)56-53-50-47-44-41-38-27-24-21-18-15-12-9-6-3)70-64(67)58-55-52-49-46-43-40-37-35-33-31-29-26-23-20-17-14-11-8-5-2/h7,10,16-17,19-20,25-26,28-29,32,34,39,42,48,51,61H,4-6,8-9,11-15,18,21-24,27,30-31,33,35-38,40-41,43-47,49-50,52-60H2,1-3H3/b10-7-,19-16-,20-17-,28-25-,29-26-,34-32-,42-39-,51-48-. The Morgan fingerprint density at radius 1 is 0.300 bits per heavy atom. The van der Waals surface area contributed by atoms with Crippen molar-refractivity contribution in [1.29, 1.82) is 0 Å². The number of hydrogen-bond donors (Lipinski definition) is 0. The van der Waals surface area contributed by atoms with E-state index in [1.165, 1.54) is 141 Å². The fourth-order valence-corrected chi connectivity index (χ4v) is 7.97. The summed E-state index contributed by atoms with van der Waals surface area (Å²) in [7, 11) is 0. The smallest absolute Gasteiger partial charge is 0.306 e. The van der Waals surface area contributed by atoms with E-state index in [0.29, 0.717) is 19.3 Å². The van der Waals surface area contributed by atoms with E-state index in [-0.39, 0.29) is 37.5 Å². The van der Waals surface area contributed by atoms with Crippen LogP contribution < -0.4 is 0 Å². The van der Waals surface area contributed by atoms with Crippen molar-refractivity contribution in [2.24, 2.45) is 0 Å². The van der Waals surface area contributed by atoms with E-state index < -0.39 is 6.10 Å². The van der Waals surface area contributed by atoms with Crippen molar-refractivity contribution in [3.05, 3.63) is 97.2 Å². The lowest BCUT2D eigenvalue weighted by atomic mass is 10.0. The average molecular weight is 974 g/mol. The molecule has 0 radical (unpaired) electrons. The SMILES string of the molecule is CC/C=C\C/C=C\C/C=C\C/C=C\C/C=C\C/C=C\CCC(=O)OCC(COC(=O)CCCCCCCCCCCCCCCC)OC(=O)CCCCCCCCCCC/C=C\C/C=C\CCCCC. The van der Waals surface area contributed by atoms with Crippen molar-refractivity contribution in [3.63, 3.8) is 0 Å². The first-order valence-electron chi connectivity index (χ1n) is 29.2. The second-order valence-electron chi connectivity index (χ2n) is 19.2. The zero-order chi connectivity index (χ0) is 50.7. The predicted molar refractivity (Wildman–Crippen MR) is 302 cm³/mol. The molecule has 70 heavy (non-hydrogen) atoms. The first-order valence-corrected chi connectivity index (χ1v) is 29.2. The zero-order valence-electron chi connectivity index (χ0n) is 45.8. The molecule has 0 rings (SSSR count). The minimum Gasteiger partial charge on any atom is -0.462 e. The summed E-state index contributed by atoms with van der Waals surface area (Å²) in [5.41, 5.74) is 0. The predicted octanol–water partition coefficient (Wildman–Crippen LogP) is 19.7. The van der Waals surface area contributed by atoms with Crippen LogP contribution in [0.3, 0.4) is 0 Å². The lowest BCUT2D eigenvalue weighted by molar-refractivity contribution is -0.166. The summed E-state index contributed by atoms with van der Waals surface area (Å²) >= 11 is 0. The van der Waals surface area contributed by atoms with Gasteiger partial charge in [-0.1, -0.05) is 259 Å². The highest BCUT2D eigenvalue weighted by molar-refractivity contribution is 5.71. The van der Waals surface area contributed by atoms with E-state index in [0.717, 1.165) is 83.5 Å². The fourth-order valence-electron chi connectivity index (χ4n) is 7.97. The maximum Gasteiger partial charge on any atom is 0.306 e. The van der Waals surface area contributed by atoms with Gasteiger partial charge < -0.3 is 14.2 Å². The number of carbonyl (C=O) groups is 3. The molecular weight excluding hydrogens is 865 g/mol. The number of unbranched alkanes of at least 4 members (excludes halogenated alkanes) is 25. The average Bonchev–Trinajstić information content (AvgIpc) is 3.36. The summed E-state index contributed by atoms with van der Waals surface area (Å²) in [5, 5.41) is 0. The Bertz CT molecular complexity index is 1400. The van der Waals surface area contributed by atoms with Gasteiger partial charge in [-0.25, -0.2) is 0 Å². The maximum atomic E-state index is 12.9. The Hall–Kier alpha value is -3.67. The van der Waals surface area contributed by atoms with Crippen LogP contribution in [0.2, 0.25) is 0 Å². The monoisotopic (exact) mass is 973 g/mol. The molecule has 400 valence electrons. The molecule has 0 N–H and O–H groups in total. The maximum absolute atomic E-state index is 12.9. The second kappa shape index (κ2) is 57.9. The van der Waals surface area contributed by atoms with Crippen LogP contribution in [0.25, 0.3) is 0 Å². The minimum absolute atomic E-state index is 0.101. The molecule has 0 aromatic heterocycles. The van der Waals surface area contributed by atoms with E-state index in [9.17, 15) is 14.4 Å². The van der Waals surface area contributed by atoms with Gasteiger partial charge in [-0.15, -0.1) is 0 Å². The van der Waals surface area contributed by atoms with Gasteiger partial charge in [0.15, 0.2) is 6.10 Å². The van der Waals surface area contributed by atoms with Gasteiger partial charge in [0.2, 0.25) is 0 Å². The van der Waals surface area contributed by atoms with Gasteiger partial charge in [-0.05, 0) is 89.9 Å². The normalized spacial score (nSPS) is 12.8. The summed E-state index contributed by atoms with van der Waals surface area (Å²) in [4.78, 5) is 38.2. The quantitative estimate of drug-likeness (QED) is 0.0262. The summed E-state index contributed by atoms with van der Waals surface area (Å²) in [6.07, 6.45) is 76.9. The van der Waals surface area contributed by atoms with Gasteiger partial charge in [0.05, 0.1) is 0 Å². The number of ether oxygens (including phenoxy) is 3. The molecule has 0 fully saturated rings. The number of hydrogen-bond acceptors (Lipinski definition) is 6. The van der Waals surface area contributed by atoms with Gasteiger partial charge in [0.25, 0.3) is 0 Å². The van der Waals surface area contributed by atoms with Crippen molar-refractivity contribution < 1.29 is 28.6 Å². The molecule has 0 saturated carbocycles. The number of rotatable bonds is 52. The molecule has 0 aliphatic rings. The largest absolute Gasteiger partial charge is 0.462 e. The number of allylic oxidation sites excluding steroid dienone is 16. The summed E-state index contributed by atoms with van der Waals surface area (Å²) in [5.74, 6) is -0.987. The van der Waals surface area contributed by atoms with Crippen LogP contribution in [0, 0.1) is 0 Å². The molecule has 0 aliphatic heterocycles. The van der Waals surface area contributed by atoms with Gasteiger partial charge in [-0.3, -0.25) is 14.4 Å². The topological polar surface area (TPSA) is 78.9 Å². The highest BCUT2D eigenvalue weighted by Gasteiger charge is 2.19. The summed E-state index contributed by atoms with van der Waals surface area (Å²) in [6, 6.07) is 0. The van der Waals surface area contributed by atoms with Gasteiger partial charge >= 0.3 is 17.9 Å². The molecule has 1 unspecified atom stereocenters. The molecule has 0 aromatic rings. The van der Waals surface area contributed by atoms with Crippen molar-refractivity contribution in [2.75, 3.05) is 13.2 Å². The van der Waals surface area contributed by atoms with E-state index in [2.05, 4.69) is 112 Å². The number of carbonyl (C=O) groups excluding carboxylic acids is 3. The Balaban J connectivity index is 4.49. The van der Waals surface area contributed by atoms with Crippen molar-refractivity contribution in [1.82, 2.24) is 0 Å². The lowest BCUT2D eigenvalue weighted by Gasteiger charge is -2.18. The molecule has 0 saturated heterocycles. The Kier molecular flexibility index (Phi) is 54.9. The minimum atomic E-state index is -0.810. The van der Waals surface area contributed by atoms with Crippen LogP contribution in [0.15, 0.2) is 97.2 Å². The molecule has 1 atom stereocenters. The third-order valence-corrected chi connectivity index (χ3v) is 12.3. The molecule has 0 spiro atoms. The molecule has 6 heteroatoms. The van der Waals surface area contributed by atoms with Crippen LogP contribution in [0.1, 0.15) is 271 Å². The fraction of sp³-hybridized carbons (Fsp3) is 0.703. The lowest BCUT2D eigenvalue weighted by Crippen LogP contribution is -2.30. The van der Waals surface area contributed by atoms with E-state index in [4.69, 9.17) is 14.2 Å². The van der Waals surface area contributed by atoms with Crippen LogP contribution in [-0.2, 0) is 28.6 Å². The molecule has 0 amide bonds. The van der Waals surface area contributed by atoms with Crippen LogP contribution in [0.4, 0.5) is 0 Å². The van der Waals surface area contributed by atoms with E-state index >= 15 is 0 Å². The molecule has 6 nitrogen and oxygen atoms in total. The highest BCUT2D eigenvalue weighted by atomic mass is 16.6. The summed E-state index contributed by atoms with van der Waals surface area (Å²) < 4.78 is 16.8. The number of esters is 3. The van der Waals surface area contributed by atoms with Crippen molar-refractivity contribution in [2.45, 2.75) is 277 Å². The molecular formula is C64H108O6. The van der Waals surface area contributed by atoms with Crippen molar-refractivity contribution >= 4 is 17.9 Å². The van der Waals surface area contributed by atoms with Crippen LogP contribution in [-0.4, -0.2) is 37.2 Å². The second-order valence-corrected chi connectivity index (χ2v) is 19.2. The molecule has 0 bridgehead atoms. The highest BCUT2D eigenvalue weighted by Crippen LogP contribution is 2.15. The molecule has 0 heterocycles. The molecule has 0 aromatic carbocycles.